The summed E-state index contributed by atoms with van der Waals surface area (Å²) < 4.78 is 82.8. The highest BCUT2D eigenvalue weighted by atomic mass is 32.2. The summed E-state index contributed by atoms with van der Waals surface area (Å²) in [6.45, 7) is 21.3. The monoisotopic (exact) mass is 1280 g/mol. The molecular formula is C73H107N5O10S2. The SMILES string of the molecule is CC1=C2C[C@H]3[C@@H](CC[C@@H]4C[C@H](NS(=O)(=O)NC(=O)OCc5ccccc5)CC[C@@]43C)[C@@H]2CC[C@@]2(C1)O[C@@H]1C[C@H](C)CN(C(=O)OCc3ccccc3)[C@H]1[C@H]2C.CC1=C2C[C@H]3[C@@H](CC[C@@H]4C[C@H](NS(C)(=O)=O)CC[C@@]43C)[C@@H]2CC[C@@]2(C1)O[C@@H]1C[C@H](C)CN[C@H]1[C@H]2C. The van der Waals surface area contributed by atoms with E-state index in [1.54, 1.807) is 16.7 Å². The largest absolute Gasteiger partial charge is 0.445 e. The zero-order chi connectivity index (χ0) is 63.3. The second-order valence-electron chi connectivity index (χ2n) is 32.2. The molecule has 12 aliphatic rings. The first-order valence-electron chi connectivity index (χ1n) is 35.2. The van der Waals surface area contributed by atoms with Gasteiger partial charge in [0.1, 0.15) is 13.2 Å². The van der Waals surface area contributed by atoms with Crippen molar-refractivity contribution < 1.29 is 45.4 Å². The van der Waals surface area contributed by atoms with Crippen LogP contribution in [0.4, 0.5) is 9.59 Å². The topological polar surface area (TPSA) is 191 Å². The summed E-state index contributed by atoms with van der Waals surface area (Å²) in [4.78, 5) is 28.0. The van der Waals surface area contributed by atoms with E-state index in [0.717, 1.165) is 119 Å². The van der Waals surface area contributed by atoms with Gasteiger partial charge in [0.05, 0.1) is 35.7 Å². The number of sulfonamides is 1. The fraction of sp³-hybridized carbons (Fsp3) is 0.753. The van der Waals surface area contributed by atoms with Crippen LogP contribution in [0.3, 0.4) is 0 Å². The molecule has 4 saturated heterocycles. The zero-order valence-corrected chi connectivity index (χ0v) is 57.1. The lowest BCUT2D eigenvalue weighted by atomic mass is 9.52. The number of piperidine rings is 2. The number of amides is 2. The van der Waals surface area contributed by atoms with Crippen molar-refractivity contribution in [1.29, 1.82) is 0 Å². The standard InChI is InChI=1S/C44H59N3O7S.C29H48N2O3S/c1-28-21-39-40(47(25-28)42(49)53-27-32-13-9-6-10-14-32)30(3)44(54-39)20-18-35-36-16-15-33-22-34(17-19-43(33,4)38(36)23-37(35)29(2)24-44)45-55(50,51)46-41(48)52-26-31-11-7-5-8-12-31;1-17-12-26-27(30-16-17)19(3)29(34-26)11-9-22-23-7-6-20-13-21(31-35(5,32)33)8-10-28(20,4)25(23)14-24(22)18(2)15-29/h5-14,28,30,33-36,38-40,45H,15-27H2,1-4H3,(H,46,48);17,19-23,25-27,30-31H,6-16H2,1-5H3/t28-,30+,33+,34+,35-,36-,38-,39+,40-,43-,44-;17-,19+,20+,21+,22-,23-,25-,26+,27-,28-,29-/m00/s1. The molecule has 2 aromatic rings. The molecule has 0 bridgehead atoms. The summed E-state index contributed by atoms with van der Waals surface area (Å²) in [6, 6.07) is 19.5. The average Bonchev–Trinajstić information content (AvgIpc) is 1.55. The number of carbonyl (C=O) groups excluding carboxylic acids is 2. The zero-order valence-electron chi connectivity index (χ0n) is 55.5. The maximum atomic E-state index is 13.7. The number of rotatable bonds is 9. The predicted octanol–water partition coefficient (Wildman–Crippen LogP) is 13.3. The molecule has 2 amide bonds. The van der Waals surface area contributed by atoms with Crippen molar-refractivity contribution in [1.82, 2.24) is 24.4 Å². The normalized spacial score (nSPS) is 42.8. The molecule has 4 heterocycles. The minimum atomic E-state index is -4.06. The van der Waals surface area contributed by atoms with Crippen molar-refractivity contribution in [3.05, 3.63) is 94.1 Å². The van der Waals surface area contributed by atoms with Gasteiger partial charge in [0.2, 0.25) is 10.0 Å². The van der Waals surface area contributed by atoms with E-state index in [-0.39, 0.29) is 66.1 Å². The summed E-state index contributed by atoms with van der Waals surface area (Å²) in [5.74, 6) is 7.00. The summed E-state index contributed by atoms with van der Waals surface area (Å²) >= 11 is 0. The van der Waals surface area contributed by atoms with Gasteiger partial charge >= 0.3 is 22.4 Å². The number of ether oxygens (including phenoxy) is 4. The molecule has 4 N–H and O–H groups in total. The maximum Gasteiger partial charge on any atom is 0.422 e. The van der Waals surface area contributed by atoms with Gasteiger partial charge in [-0.1, -0.05) is 124 Å². The molecule has 14 rings (SSSR count). The number of benzene rings is 2. The Labute approximate surface area is 539 Å². The van der Waals surface area contributed by atoms with Gasteiger partial charge in [-0.3, -0.25) is 0 Å². The number of hydrogen-bond donors (Lipinski definition) is 4. The van der Waals surface area contributed by atoms with Gasteiger partial charge < -0.3 is 29.2 Å². The third-order valence-electron chi connectivity index (χ3n) is 27.0. The van der Waals surface area contributed by atoms with Crippen LogP contribution in [0.15, 0.2) is 83.0 Å². The minimum Gasteiger partial charge on any atom is -0.445 e. The van der Waals surface area contributed by atoms with Crippen molar-refractivity contribution >= 4 is 32.4 Å². The molecule has 2 aromatic carbocycles. The van der Waals surface area contributed by atoms with Gasteiger partial charge in [-0.25, -0.2) is 27.5 Å². The van der Waals surface area contributed by atoms with Crippen LogP contribution in [0.25, 0.3) is 0 Å². The Balaban J connectivity index is 0.000000182. The van der Waals surface area contributed by atoms with E-state index in [4.69, 9.17) is 18.9 Å². The fourth-order valence-corrected chi connectivity index (χ4v) is 24.3. The number of likely N-dealkylation sites (tertiary alicyclic amines) is 1. The molecule has 2 spiro atoms. The summed E-state index contributed by atoms with van der Waals surface area (Å²) in [7, 11) is -7.19. The highest BCUT2D eigenvalue weighted by Crippen LogP contribution is 2.67. The van der Waals surface area contributed by atoms with Crippen molar-refractivity contribution in [2.24, 2.45) is 81.8 Å². The summed E-state index contributed by atoms with van der Waals surface area (Å²) in [5.41, 5.74) is 8.61. The van der Waals surface area contributed by atoms with Crippen LogP contribution in [-0.2, 0) is 52.4 Å². The van der Waals surface area contributed by atoms with Gasteiger partial charge in [-0.15, -0.1) is 0 Å². The lowest BCUT2D eigenvalue weighted by molar-refractivity contribution is -0.0802. The van der Waals surface area contributed by atoms with Crippen molar-refractivity contribution in [2.75, 3.05) is 19.3 Å². The molecular weight excluding hydrogens is 1170 g/mol. The Morgan fingerprint density at radius 2 is 1.13 bits per heavy atom. The lowest BCUT2D eigenvalue weighted by Crippen LogP contribution is -2.54. The first-order valence-corrected chi connectivity index (χ1v) is 38.6. The Bertz CT molecular complexity index is 3270. The van der Waals surface area contributed by atoms with Crippen LogP contribution in [-0.4, -0.2) is 101 Å². The molecule has 15 nitrogen and oxygen atoms in total. The van der Waals surface area contributed by atoms with Crippen LogP contribution < -0.4 is 19.5 Å². The highest BCUT2D eigenvalue weighted by Gasteiger charge is 2.63. The molecule has 0 radical (unpaired) electrons. The number of carbonyl (C=O) groups is 2. The highest BCUT2D eigenvalue weighted by molar-refractivity contribution is 7.88. The van der Waals surface area contributed by atoms with E-state index in [9.17, 15) is 26.4 Å². The van der Waals surface area contributed by atoms with Crippen molar-refractivity contribution in [3.8, 4) is 0 Å². The van der Waals surface area contributed by atoms with Gasteiger partial charge in [0.25, 0.3) is 0 Å². The van der Waals surface area contributed by atoms with Crippen LogP contribution in [0.2, 0.25) is 0 Å². The lowest BCUT2D eigenvalue weighted by Gasteiger charge is -2.54. The first kappa shape index (κ1) is 64.8. The number of nitrogens with one attached hydrogen (secondary N) is 4. The molecule has 496 valence electrons. The Morgan fingerprint density at radius 3 is 1.69 bits per heavy atom. The van der Waals surface area contributed by atoms with E-state index >= 15 is 0 Å². The number of allylic oxidation sites excluding steroid dienone is 2. The first-order chi connectivity index (χ1) is 42.8. The molecule has 17 heteroatoms. The Hall–Kier alpha value is -3.84. The summed E-state index contributed by atoms with van der Waals surface area (Å²) in [6.07, 6.45) is 22.3. The quantitative estimate of drug-likeness (QED) is 0.175. The summed E-state index contributed by atoms with van der Waals surface area (Å²) in [5, 5.41) is 3.85. The third-order valence-corrected chi connectivity index (χ3v) is 28.8. The van der Waals surface area contributed by atoms with E-state index in [1.807, 2.05) is 65.6 Å². The predicted molar refractivity (Wildman–Crippen MR) is 350 cm³/mol. The van der Waals surface area contributed by atoms with Gasteiger partial charge in [-0.05, 0) is 230 Å². The van der Waals surface area contributed by atoms with Gasteiger partial charge in [0, 0.05) is 36.5 Å². The molecule has 8 aliphatic carbocycles. The van der Waals surface area contributed by atoms with Crippen LogP contribution in [0.1, 0.15) is 195 Å². The average molecular weight is 1280 g/mol. The van der Waals surface area contributed by atoms with Crippen molar-refractivity contribution in [2.45, 2.75) is 245 Å². The minimum absolute atomic E-state index is 0.00344. The molecule has 90 heavy (non-hydrogen) atoms. The number of fused-ring (bicyclic) bond motifs is 12. The molecule has 0 aromatic heterocycles. The van der Waals surface area contributed by atoms with E-state index in [2.05, 4.69) is 74.9 Å². The smallest absolute Gasteiger partial charge is 0.422 e. The molecule has 4 aliphatic heterocycles. The Morgan fingerprint density at radius 1 is 0.622 bits per heavy atom. The maximum absolute atomic E-state index is 13.7. The van der Waals surface area contributed by atoms with Crippen molar-refractivity contribution in [3.63, 3.8) is 0 Å². The molecule has 6 saturated carbocycles. The van der Waals surface area contributed by atoms with E-state index in [1.165, 1.54) is 56.8 Å². The third kappa shape index (κ3) is 12.5. The van der Waals surface area contributed by atoms with Crippen LogP contribution in [0, 0.1) is 81.8 Å². The van der Waals surface area contributed by atoms with E-state index < -0.39 is 26.3 Å². The second kappa shape index (κ2) is 25.1. The van der Waals surface area contributed by atoms with Crippen LogP contribution in [0.5, 0.6) is 0 Å². The molecule has 22 atom stereocenters. The molecule has 0 unspecified atom stereocenters. The number of hydrogen-bond acceptors (Lipinski definition) is 11. The molecule has 10 fully saturated rings. The fourth-order valence-electron chi connectivity index (χ4n) is 22.5. The second-order valence-corrected chi connectivity index (χ2v) is 35.4. The number of nitrogens with zero attached hydrogens (tertiary/aromatic N) is 1. The van der Waals surface area contributed by atoms with Gasteiger partial charge in [-0.2, -0.15) is 13.1 Å². The van der Waals surface area contributed by atoms with E-state index in [0.29, 0.717) is 71.4 Å². The van der Waals surface area contributed by atoms with Gasteiger partial charge in [0.15, 0.2) is 0 Å². The van der Waals surface area contributed by atoms with Crippen LogP contribution >= 0.6 is 0 Å². The Kier molecular flexibility index (Phi) is 18.1.